The van der Waals surface area contributed by atoms with Crippen LogP contribution < -0.4 is 0 Å². The van der Waals surface area contributed by atoms with Crippen LogP contribution in [0.1, 0.15) is 44.2 Å². The molecule has 0 amide bonds. The van der Waals surface area contributed by atoms with Gasteiger partial charge < -0.3 is 13.6 Å². The molecule has 0 N–H and O–H groups in total. The maximum Gasteiger partial charge on any atom is 0.340 e. The minimum absolute atomic E-state index is 0.0128. The Balaban J connectivity index is 2.37. The van der Waals surface area contributed by atoms with Gasteiger partial charge in [0.25, 0.3) is 0 Å². The topological polar surface area (TPSA) is 44.8 Å². The van der Waals surface area contributed by atoms with E-state index in [0.717, 1.165) is 16.9 Å². The fraction of sp³-hybridized carbons (Fsp3) is 0.464. The summed E-state index contributed by atoms with van der Waals surface area (Å²) in [6.07, 6.45) is 0.584. The number of esters is 1. The summed E-state index contributed by atoms with van der Waals surface area (Å²) in [5.41, 5.74) is 1.61. The Kier molecular flexibility index (Phi) is 7.37. The van der Waals surface area contributed by atoms with E-state index in [0.29, 0.717) is 12.0 Å². The Morgan fingerprint density at radius 2 is 1.44 bits per heavy atom. The number of hydrogen-bond acceptors (Lipinski definition) is 4. The molecule has 0 saturated heterocycles. The van der Waals surface area contributed by atoms with Gasteiger partial charge in [-0.05, 0) is 48.9 Å². The molecule has 2 aromatic rings. The van der Waals surface area contributed by atoms with Gasteiger partial charge in [-0.15, -0.1) is 0 Å². The zero-order valence-electron chi connectivity index (χ0n) is 22.2. The van der Waals surface area contributed by atoms with E-state index in [9.17, 15) is 4.79 Å². The first-order valence-electron chi connectivity index (χ1n) is 12.0. The highest BCUT2D eigenvalue weighted by Crippen LogP contribution is 2.57. The number of carbonyl (C=O) groups excluding carboxylic acids is 1. The van der Waals surface area contributed by atoms with Crippen molar-refractivity contribution in [2.75, 3.05) is 7.11 Å². The molecule has 0 fully saturated rings. The van der Waals surface area contributed by atoms with Crippen LogP contribution in [0.2, 0.25) is 37.8 Å². The van der Waals surface area contributed by atoms with Gasteiger partial charge in [-0.2, -0.15) is 0 Å². The second kappa shape index (κ2) is 9.48. The van der Waals surface area contributed by atoms with E-state index in [4.69, 9.17) is 13.6 Å². The van der Waals surface area contributed by atoms with Crippen LogP contribution >= 0.6 is 0 Å². The lowest BCUT2D eigenvalue weighted by Crippen LogP contribution is -2.46. The highest BCUT2D eigenvalue weighted by molar-refractivity contribution is 6.74. The molecule has 4 nitrogen and oxygen atoms in total. The Labute approximate surface area is 207 Å². The van der Waals surface area contributed by atoms with Crippen molar-refractivity contribution in [1.82, 2.24) is 0 Å². The van der Waals surface area contributed by atoms with Crippen molar-refractivity contribution >= 4 is 22.6 Å². The van der Waals surface area contributed by atoms with Crippen molar-refractivity contribution in [2.24, 2.45) is 0 Å². The molecule has 3 rings (SSSR count). The monoisotopic (exact) mass is 496 g/mol. The summed E-state index contributed by atoms with van der Waals surface area (Å²) >= 11 is 0. The van der Waals surface area contributed by atoms with Crippen LogP contribution in [0.25, 0.3) is 0 Å². The average Bonchev–Trinajstić information content (AvgIpc) is 3.06. The summed E-state index contributed by atoms with van der Waals surface area (Å²) in [7, 11) is -2.95. The molecule has 0 radical (unpaired) electrons. The number of hydrogen-bond donors (Lipinski definition) is 0. The first kappa shape index (κ1) is 26.4. The van der Waals surface area contributed by atoms with Gasteiger partial charge in [0.05, 0.1) is 12.9 Å². The van der Waals surface area contributed by atoms with Crippen LogP contribution in [0, 0.1) is 0 Å². The summed E-state index contributed by atoms with van der Waals surface area (Å²) in [6.45, 7) is 17.6. The second-order valence-electron chi connectivity index (χ2n) is 11.6. The van der Waals surface area contributed by atoms with Crippen molar-refractivity contribution in [3.05, 3.63) is 83.1 Å². The molecule has 2 aromatic carbocycles. The molecule has 0 heterocycles. The van der Waals surface area contributed by atoms with Crippen molar-refractivity contribution < 1.29 is 18.4 Å². The molecule has 0 bridgehead atoms. The van der Waals surface area contributed by atoms with Gasteiger partial charge in [-0.25, -0.2) is 4.79 Å². The minimum Gasteiger partial charge on any atom is -0.546 e. The Hall–Kier alpha value is -2.16. The third kappa shape index (κ3) is 5.09. The number of ether oxygens (including phenoxy) is 1. The predicted molar refractivity (Wildman–Crippen MR) is 144 cm³/mol. The summed E-state index contributed by atoms with van der Waals surface area (Å²) < 4.78 is 19.4. The molecule has 0 aromatic heterocycles. The van der Waals surface area contributed by atoms with E-state index in [1.807, 2.05) is 36.4 Å². The zero-order chi connectivity index (χ0) is 25.4. The second-order valence-corrected chi connectivity index (χ2v) is 20.8. The summed E-state index contributed by atoms with van der Waals surface area (Å²) in [4.78, 5) is 13.6. The van der Waals surface area contributed by atoms with Crippen molar-refractivity contribution in [3.8, 4) is 0 Å². The minimum atomic E-state index is -2.23. The molecular weight excluding hydrogens is 456 g/mol. The highest BCUT2D eigenvalue weighted by atomic mass is 28.4. The quantitative estimate of drug-likeness (QED) is 0.296. The molecule has 34 heavy (non-hydrogen) atoms. The van der Waals surface area contributed by atoms with Gasteiger partial charge in [0.2, 0.25) is 8.32 Å². The lowest BCUT2D eigenvalue weighted by atomic mass is 9.76. The third-order valence-corrected chi connectivity index (χ3v) is 12.3. The SMILES string of the molecule is COC(=O)C1=C(O[Si](C)(C)C(C)(C)C)C[C@@H](c2ccccc2)[C@]1(O[Si](C)(C)C)c1ccccc1. The molecule has 6 heteroatoms. The number of rotatable bonds is 7. The van der Waals surface area contributed by atoms with E-state index < -0.39 is 22.2 Å². The highest BCUT2D eigenvalue weighted by Gasteiger charge is 2.58. The third-order valence-electron chi connectivity index (χ3n) is 6.98. The van der Waals surface area contributed by atoms with Gasteiger partial charge in [0.1, 0.15) is 11.2 Å². The smallest absolute Gasteiger partial charge is 0.340 e. The largest absolute Gasteiger partial charge is 0.546 e. The van der Waals surface area contributed by atoms with Gasteiger partial charge in [0, 0.05) is 12.3 Å². The fourth-order valence-corrected chi connectivity index (χ4v) is 6.90. The summed E-state index contributed by atoms with van der Waals surface area (Å²) in [5, 5.41) is -0.0128. The number of allylic oxidation sites excluding steroid dienone is 1. The predicted octanol–water partition coefficient (Wildman–Crippen LogP) is 7.37. The first-order chi connectivity index (χ1) is 15.7. The molecule has 1 aliphatic carbocycles. The van der Waals surface area contributed by atoms with E-state index in [1.165, 1.54) is 7.11 Å². The molecular formula is C28H40O4Si2. The lowest BCUT2D eigenvalue weighted by molar-refractivity contribution is -0.138. The van der Waals surface area contributed by atoms with Crippen molar-refractivity contribution in [1.29, 1.82) is 0 Å². The summed E-state index contributed by atoms with van der Waals surface area (Å²) in [6, 6.07) is 20.5. The van der Waals surface area contributed by atoms with E-state index >= 15 is 0 Å². The standard InChI is InChI=1S/C28H40O4Si2/c1-27(2,3)34(8,9)31-24-20-23(21-16-12-10-13-17-21)28(32-33(5,6)7,25(24)26(29)30-4)22-18-14-11-15-19-22/h10-19,23H,20H2,1-9H3/t23-,28+/m0/s1. The molecule has 0 saturated carbocycles. The number of methoxy groups -OCH3 is 1. The van der Waals surface area contributed by atoms with Crippen LogP contribution in [-0.4, -0.2) is 29.7 Å². The van der Waals surface area contributed by atoms with Crippen LogP contribution in [0.15, 0.2) is 72.0 Å². The van der Waals surface area contributed by atoms with Crippen LogP contribution in [0.4, 0.5) is 0 Å². The number of carbonyl (C=O) groups is 1. The van der Waals surface area contributed by atoms with Crippen molar-refractivity contribution in [2.45, 2.75) is 76.5 Å². The van der Waals surface area contributed by atoms with Crippen molar-refractivity contribution in [3.63, 3.8) is 0 Å². The van der Waals surface area contributed by atoms with E-state index in [1.54, 1.807) is 0 Å². The molecule has 184 valence electrons. The van der Waals surface area contributed by atoms with Gasteiger partial charge in [-0.3, -0.25) is 0 Å². The van der Waals surface area contributed by atoms with Gasteiger partial charge in [-0.1, -0.05) is 81.4 Å². The summed E-state index contributed by atoms with van der Waals surface area (Å²) in [5.74, 6) is 0.223. The molecule has 0 aliphatic heterocycles. The van der Waals surface area contributed by atoms with Gasteiger partial charge in [0.15, 0.2) is 8.32 Å². The van der Waals surface area contributed by atoms with Gasteiger partial charge >= 0.3 is 5.97 Å². The van der Waals surface area contributed by atoms with Crippen LogP contribution in [-0.2, 0) is 24.0 Å². The lowest BCUT2D eigenvalue weighted by Gasteiger charge is -2.42. The van der Waals surface area contributed by atoms with E-state index in [-0.39, 0.29) is 16.9 Å². The molecule has 0 unspecified atom stereocenters. The Bertz CT molecular complexity index is 1030. The zero-order valence-corrected chi connectivity index (χ0v) is 24.2. The maximum absolute atomic E-state index is 13.6. The van der Waals surface area contributed by atoms with Crippen LogP contribution in [0.3, 0.4) is 0 Å². The van der Waals surface area contributed by atoms with E-state index in [2.05, 4.69) is 77.8 Å². The molecule has 0 spiro atoms. The Morgan fingerprint density at radius 1 is 0.912 bits per heavy atom. The number of benzene rings is 2. The average molecular weight is 497 g/mol. The Morgan fingerprint density at radius 3 is 1.91 bits per heavy atom. The first-order valence-corrected chi connectivity index (χ1v) is 18.4. The van der Waals surface area contributed by atoms with Crippen LogP contribution in [0.5, 0.6) is 0 Å². The fourth-order valence-electron chi connectivity index (χ4n) is 4.47. The normalized spacial score (nSPS) is 21.5. The molecule has 1 aliphatic rings. The molecule has 2 atom stereocenters. The maximum atomic E-state index is 13.6.